The molecule has 45 heavy (non-hydrogen) atoms. The van der Waals surface area contributed by atoms with Crippen LogP contribution in [0.15, 0.2) is 52.4 Å². The van der Waals surface area contributed by atoms with Gasteiger partial charge in [0.1, 0.15) is 17.5 Å². The van der Waals surface area contributed by atoms with E-state index in [1.54, 1.807) is 43.3 Å². The van der Waals surface area contributed by atoms with Crippen LogP contribution in [0.25, 0.3) is 22.0 Å². The van der Waals surface area contributed by atoms with Gasteiger partial charge in [-0.3, -0.25) is 14.5 Å². The summed E-state index contributed by atoms with van der Waals surface area (Å²) in [6, 6.07) is 4.46. The number of benzene rings is 2. The van der Waals surface area contributed by atoms with E-state index in [0.29, 0.717) is 6.07 Å². The zero-order valence-electron chi connectivity index (χ0n) is 23.8. The van der Waals surface area contributed by atoms with Gasteiger partial charge in [0.2, 0.25) is 0 Å². The van der Waals surface area contributed by atoms with E-state index >= 15 is 4.39 Å². The van der Waals surface area contributed by atoms with Crippen molar-refractivity contribution >= 4 is 46.2 Å². The minimum absolute atomic E-state index is 0.000320. The van der Waals surface area contributed by atoms with Crippen LogP contribution in [0.1, 0.15) is 30.9 Å². The number of amides is 1. The molecule has 4 heterocycles. The summed E-state index contributed by atoms with van der Waals surface area (Å²) in [6.07, 6.45) is -3.01. The fourth-order valence-electron chi connectivity index (χ4n) is 6.32. The Morgan fingerprint density at radius 1 is 1.04 bits per heavy atom. The maximum atomic E-state index is 15.4. The van der Waals surface area contributed by atoms with E-state index in [0.717, 1.165) is 29.5 Å². The summed E-state index contributed by atoms with van der Waals surface area (Å²) >= 11 is 6.99. The Kier molecular flexibility index (Phi) is 7.92. The van der Waals surface area contributed by atoms with Crippen molar-refractivity contribution in [2.24, 2.45) is 0 Å². The molecule has 1 amide bonds. The van der Waals surface area contributed by atoms with E-state index in [1.165, 1.54) is 9.47 Å². The second-order valence-corrected chi connectivity index (χ2v) is 12.6. The molecule has 8 nitrogen and oxygen atoms in total. The van der Waals surface area contributed by atoms with Crippen molar-refractivity contribution in [2.45, 2.75) is 49.5 Å². The Balaban J connectivity index is 1.68. The molecule has 15 heteroatoms. The van der Waals surface area contributed by atoms with E-state index < -0.39 is 63.4 Å². The molecular formula is C30H25ClF5N5O3S. The standard InChI is InChI=1S/C30H25ClF5N5O3S/c1-14-10-39(11-15(2)41(14)29(43)44)27-19-7-20(30(34,35)36)24(18-8-21(31)23(33)9-22(18)32)26-25(19)40(28(42)38-27)12-17(13-45-26)16-3-5-37-6-4-16/h3-9,14-15,17H,10-13H2,1-2H3,(H,43,44)/t14-,15-,17?/m1/s1. The van der Waals surface area contributed by atoms with Gasteiger partial charge in [0.25, 0.3) is 0 Å². The monoisotopic (exact) mass is 665 g/mol. The predicted molar refractivity (Wildman–Crippen MR) is 160 cm³/mol. The van der Waals surface area contributed by atoms with E-state index in [1.807, 2.05) is 0 Å². The molecule has 1 saturated heterocycles. The summed E-state index contributed by atoms with van der Waals surface area (Å²) in [4.78, 5) is 36.8. The first-order valence-corrected chi connectivity index (χ1v) is 15.2. The number of carbonyl (C=O) groups is 1. The minimum Gasteiger partial charge on any atom is -0.465 e. The number of nitrogens with zero attached hydrogens (tertiary/aromatic N) is 5. The molecule has 1 N–H and O–H groups in total. The summed E-state index contributed by atoms with van der Waals surface area (Å²) in [5.41, 5.74) is -2.15. The zero-order chi connectivity index (χ0) is 32.4. The van der Waals surface area contributed by atoms with Gasteiger partial charge in [-0.05, 0) is 43.7 Å². The highest BCUT2D eigenvalue weighted by Gasteiger charge is 2.40. The Bertz CT molecular complexity index is 1880. The number of alkyl halides is 3. The van der Waals surface area contributed by atoms with Crippen LogP contribution in [0, 0.1) is 11.6 Å². The van der Waals surface area contributed by atoms with Crippen molar-refractivity contribution in [3.8, 4) is 11.1 Å². The van der Waals surface area contributed by atoms with Crippen LogP contribution in [-0.2, 0) is 12.7 Å². The molecule has 6 rings (SSSR count). The van der Waals surface area contributed by atoms with Gasteiger partial charge in [-0.15, -0.1) is 11.8 Å². The molecule has 0 spiro atoms. The van der Waals surface area contributed by atoms with Gasteiger partial charge in [-0.1, -0.05) is 11.6 Å². The Hall–Kier alpha value is -3.91. The number of anilines is 1. The maximum absolute atomic E-state index is 15.4. The van der Waals surface area contributed by atoms with Crippen LogP contribution < -0.4 is 10.6 Å². The summed E-state index contributed by atoms with van der Waals surface area (Å²) < 4.78 is 75.7. The first-order valence-electron chi connectivity index (χ1n) is 13.9. The third kappa shape index (κ3) is 5.47. The summed E-state index contributed by atoms with van der Waals surface area (Å²) in [7, 11) is 0. The van der Waals surface area contributed by atoms with Crippen molar-refractivity contribution in [2.75, 3.05) is 23.7 Å². The normalized spacial score (nSPS) is 20.4. The van der Waals surface area contributed by atoms with E-state index in [9.17, 15) is 32.3 Å². The minimum atomic E-state index is -5.01. The van der Waals surface area contributed by atoms with E-state index in [2.05, 4.69) is 9.97 Å². The van der Waals surface area contributed by atoms with Crippen LogP contribution in [0.4, 0.5) is 32.6 Å². The van der Waals surface area contributed by atoms with Gasteiger partial charge in [-0.25, -0.2) is 18.4 Å². The highest BCUT2D eigenvalue weighted by molar-refractivity contribution is 7.99. The van der Waals surface area contributed by atoms with Gasteiger partial charge in [0.15, 0.2) is 0 Å². The highest BCUT2D eigenvalue weighted by Crippen LogP contribution is 2.50. The van der Waals surface area contributed by atoms with Crippen LogP contribution in [0.2, 0.25) is 5.02 Å². The van der Waals surface area contributed by atoms with Gasteiger partial charge in [-0.2, -0.15) is 18.2 Å². The third-order valence-electron chi connectivity index (χ3n) is 8.23. The summed E-state index contributed by atoms with van der Waals surface area (Å²) in [6.45, 7) is 3.51. The van der Waals surface area contributed by atoms with Gasteiger partial charge < -0.3 is 10.0 Å². The molecule has 0 radical (unpaired) electrons. The fourth-order valence-corrected chi connectivity index (χ4v) is 7.87. The lowest BCUT2D eigenvalue weighted by molar-refractivity contribution is -0.137. The molecule has 2 aliphatic heterocycles. The summed E-state index contributed by atoms with van der Waals surface area (Å²) in [5.74, 6) is -2.55. The second kappa shape index (κ2) is 11.5. The molecule has 0 aliphatic carbocycles. The second-order valence-electron chi connectivity index (χ2n) is 11.2. The number of hydrogen-bond acceptors (Lipinski definition) is 6. The number of halogens is 6. The smallest absolute Gasteiger partial charge is 0.417 e. The zero-order valence-corrected chi connectivity index (χ0v) is 25.4. The molecule has 4 aromatic rings. The number of hydrogen-bond donors (Lipinski definition) is 1. The molecule has 0 saturated carbocycles. The molecule has 2 aliphatic rings. The lowest BCUT2D eigenvalue weighted by atomic mass is 9.95. The number of aromatic nitrogens is 3. The number of piperazine rings is 1. The van der Waals surface area contributed by atoms with Crippen molar-refractivity contribution in [3.63, 3.8) is 0 Å². The maximum Gasteiger partial charge on any atom is 0.417 e. The van der Waals surface area contributed by atoms with Crippen LogP contribution in [-0.4, -0.2) is 61.6 Å². The van der Waals surface area contributed by atoms with Crippen LogP contribution >= 0.6 is 23.4 Å². The fraction of sp³-hybridized carbons (Fsp3) is 0.333. The first kappa shape index (κ1) is 31.1. The molecule has 2 aromatic carbocycles. The third-order valence-corrected chi connectivity index (χ3v) is 9.78. The lowest BCUT2D eigenvalue weighted by Gasteiger charge is -2.43. The van der Waals surface area contributed by atoms with Crippen molar-refractivity contribution < 1.29 is 31.9 Å². The molecule has 1 fully saturated rings. The average molecular weight is 666 g/mol. The lowest BCUT2D eigenvalue weighted by Crippen LogP contribution is -2.58. The first-order chi connectivity index (χ1) is 21.3. The molecule has 2 aromatic heterocycles. The van der Waals surface area contributed by atoms with Crippen molar-refractivity contribution in [1.29, 1.82) is 0 Å². The van der Waals surface area contributed by atoms with Gasteiger partial charge >= 0.3 is 18.0 Å². The van der Waals surface area contributed by atoms with E-state index in [4.69, 9.17) is 11.6 Å². The van der Waals surface area contributed by atoms with Crippen LogP contribution in [0.3, 0.4) is 0 Å². The quantitative estimate of drug-likeness (QED) is 0.189. The SMILES string of the molecule is C[C@@H]1CN(c2nc(=O)n3c4c(c(-c5cc(Cl)c(F)cc5F)c(C(F)(F)F)cc24)SCC(c2ccncc2)C3)C[C@@H](C)N1C(=O)O. The number of carboxylic acid groups (broad SMARTS) is 1. The molecule has 0 bridgehead atoms. The average Bonchev–Trinajstić information content (AvgIpc) is 3.17. The predicted octanol–water partition coefficient (Wildman–Crippen LogP) is 6.88. The molecule has 236 valence electrons. The van der Waals surface area contributed by atoms with Gasteiger partial charge in [0, 0.05) is 71.2 Å². The number of rotatable bonds is 3. The Morgan fingerprint density at radius 2 is 1.71 bits per heavy atom. The molecular weight excluding hydrogens is 641 g/mol. The van der Waals surface area contributed by atoms with Crippen molar-refractivity contribution in [1.82, 2.24) is 19.4 Å². The number of thioether (sulfide) groups is 1. The number of pyridine rings is 1. The highest BCUT2D eigenvalue weighted by atomic mass is 35.5. The molecule has 1 unspecified atom stereocenters. The topological polar surface area (TPSA) is 91.6 Å². The van der Waals surface area contributed by atoms with Crippen molar-refractivity contribution in [3.05, 3.63) is 81.0 Å². The largest absolute Gasteiger partial charge is 0.465 e. The Morgan fingerprint density at radius 3 is 2.33 bits per heavy atom. The summed E-state index contributed by atoms with van der Waals surface area (Å²) in [5, 5.41) is 9.12. The Labute approximate surface area is 262 Å². The molecule has 3 atom stereocenters. The van der Waals surface area contributed by atoms with Gasteiger partial charge in [0.05, 0.1) is 28.2 Å². The van der Waals surface area contributed by atoms with Crippen LogP contribution in [0.5, 0.6) is 0 Å². The van der Waals surface area contributed by atoms with E-state index in [-0.39, 0.29) is 52.9 Å².